The fourth-order valence-electron chi connectivity index (χ4n) is 6.58. The molecule has 0 aliphatic heterocycles. The molecule has 2 N–H and O–H groups in total. The largest absolute Gasteiger partial charge is 0.330 e. The highest BCUT2D eigenvalue weighted by Crippen LogP contribution is 2.51. The first-order chi connectivity index (χ1) is 17.2. The van der Waals surface area contributed by atoms with E-state index in [1.807, 2.05) is 0 Å². The molecule has 0 aromatic heterocycles. The van der Waals surface area contributed by atoms with Crippen molar-refractivity contribution in [2.75, 3.05) is 6.54 Å². The van der Waals surface area contributed by atoms with Crippen molar-refractivity contribution in [1.82, 2.24) is 0 Å². The Kier molecular flexibility index (Phi) is 18.5. The minimum absolute atomic E-state index is 0.687. The molecule has 8 unspecified atom stereocenters. The van der Waals surface area contributed by atoms with E-state index in [9.17, 15) is 0 Å². The maximum atomic E-state index is 6.08. The summed E-state index contributed by atoms with van der Waals surface area (Å²) in [5.41, 5.74) is 6.08. The average molecular weight is 504 g/mol. The van der Waals surface area contributed by atoms with E-state index in [0.29, 0.717) is 5.92 Å². The Morgan fingerprint density at radius 3 is 1.97 bits per heavy atom. The van der Waals surface area contributed by atoms with E-state index in [2.05, 4.69) is 67.5 Å². The number of nitrogens with two attached hydrogens (primary N) is 1. The first kappa shape index (κ1) is 33.7. The molecule has 1 aliphatic rings. The van der Waals surface area contributed by atoms with Crippen molar-refractivity contribution in [3.05, 3.63) is 12.2 Å². The summed E-state index contributed by atoms with van der Waals surface area (Å²) >= 11 is 0. The first-order valence-corrected chi connectivity index (χ1v) is 16.6. The van der Waals surface area contributed by atoms with Crippen molar-refractivity contribution in [1.29, 1.82) is 0 Å². The third-order valence-corrected chi connectivity index (χ3v) is 10.2. The van der Waals surface area contributed by atoms with E-state index in [1.165, 1.54) is 89.9 Å². The molecule has 1 nitrogen and oxygen atoms in total. The number of rotatable bonds is 23. The van der Waals surface area contributed by atoms with Gasteiger partial charge < -0.3 is 5.73 Å². The van der Waals surface area contributed by atoms with Gasteiger partial charge in [-0.15, -0.1) is 0 Å². The molecule has 0 saturated heterocycles. The van der Waals surface area contributed by atoms with E-state index in [1.54, 1.807) is 0 Å². The summed E-state index contributed by atoms with van der Waals surface area (Å²) in [4.78, 5) is 0. The molecule has 214 valence electrons. The van der Waals surface area contributed by atoms with Gasteiger partial charge in [-0.2, -0.15) is 0 Å². The Morgan fingerprint density at radius 1 is 0.694 bits per heavy atom. The summed E-state index contributed by atoms with van der Waals surface area (Å²) in [6.45, 7) is 20.2. The molecule has 1 saturated carbocycles. The minimum atomic E-state index is 0.687. The summed E-state index contributed by atoms with van der Waals surface area (Å²) in [5, 5.41) is 0. The average Bonchev–Trinajstić information content (AvgIpc) is 3.62. The lowest BCUT2D eigenvalue weighted by molar-refractivity contribution is 0.276. The molecule has 8 atom stereocenters. The van der Waals surface area contributed by atoms with Crippen LogP contribution in [0.2, 0.25) is 0 Å². The monoisotopic (exact) mass is 504 g/mol. The standard InChI is InChI=1S/C35H69N/c1-9-10-11-16-23-34(32(8)26-36)35-25-33(35)22-18-17-21-30(6)31(7)24-28(4)19-14-12-13-15-20-29(5)27(2)3/h10-11,27-35H,9,12-26,36H2,1-8H3. The van der Waals surface area contributed by atoms with Crippen LogP contribution in [0.1, 0.15) is 152 Å². The van der Waals surface area contributed by atoms with Crippen LogP contribution in [-0.4, -0.2) is 6.54 Å². The zero-order valence-corrected chi connectivity index (χ0v) is 26.2. The molecule has 0 amide bonds. The Balaban J connectivity index is 2.14. The summed E-state index contributed by atoms with van der Waals surface area (Å²) < 4.78 is 0. The quantitative estimate of drug-likeness (QED) is 0.109. The maximum Gasteiger partial charge on any atom is -0.00487 e. The van der Waals surface area contributed by atoms with E-state index in [0.717, 1.165) is 60.3 Å². The number of hydrogen-bond acceptors (Lipinski definition) is 1. The van der Waals surface area contributed by atoms with Crippen LogP contribution in [-0.2, 0) is 0 Å². The number of allylic oxidation sites excluding steroid dienone is 2. The molecule has 1 aliphatic carbocycles. The van der Waals surface area contributed by atoms with Crippen LogP contribution in [0.25, 0.3) is 0 Å². The van der Waals surface area contributed by atoms with Crippen LogP contribution < -0.4 is 5.73 Å². The fraction of sp³-hybridized carbons (Fsp3) is 0.943. The van der Waals surface area contributed by atoms with Crippen LogP contribution in [0.5, 0.6) is 0 Å². The van der Waals surface area contributed by atoms with E-state index >= 15 is 0 Å². The lowest BCUT2D eigenvalue weighted by Gasteiger charge is -2.24. The smallest absolute Gasteiger partial charge is 0.00487 e. The SMILES string of the molecule is CCC=CCCC(C(C)CN)C1CC1CCCCC(C)C(C)CC(C)CCCCCCC(C)C(C)C. The molecular formula is C35H69N. The fourth-order valence-corrected chi connectivity index (χ4v) is 6.58. The van der Waals surface area contributed by atoms with Gasteiger partial charge in [0.1, 0.15) is 0 Å². The van der Waals surface area contributed by atoms with Crippen molar-refractivity contribution in [2.24, 2.45) is 59.0 Å². The van der Waals surface area contributed by atoms with Crippen molar-refractivity contribution in [2.45, 2.75) is 152 Å². The van der Waals surface area contributed by atoms with Crippen molar-refractivity contribution in [3.8, 4) is 0 Å². The highest BCUT2D eigenvalue weighted by atomic mass is 14.6. The molecule has 1 rings (SSSR count). The van der Waals surface area contributed by atoms with Gasteiger partial charge in [0.15, 0.2) is 0 Å². The van der Waals surface area contributed by atoms with Gasteiger partial charge >= 0.3 is 0 Å². The van der Waals surface area contributed by atoms with Gasteiger partial charge in [0.05, 0.1) is 0 Å². The number of unbranched alkanes of at least 4 members (excludes halogenated alkanes) is 4. The molecule has 1 heteroatoms. The molecular weight excluding hydrogens is 434 g/mol. The van der Waals surface area contributed by atoms with Crippen LogP contribution in [0.4, 0.5) is 0 Å². The van der Waals surface area contributed by atoms with Gasteiger partial charge in [-0.1, -0.05) is 132 Å². The van der Waals surface area contributed by atoms with Crippen molar-refractivity contribution >= 4 is 0 Å². The Morgan fingerprint density at radius 2 is 1.33 bits per heavy atom. The third kappa shape index (κ3) is 14.6. The molecule has 0 heterocycles. The molecule has 36 heavy (non-hydrogen) atoms. The zero-order chi connectivity index (χ0) is 26.9. The second-order valence-electron chi connectivity index (χ2n) is 13.8. The summed E-state index contributed by atoms with van der Waals surface area (Å²) in [7, 11) is 0. The molecule has 0 radical (unpaired) electrons. The second-order valence-corrected chi connectivity index (χ2v) is 13.8. The molecule has 1 fully saturated rings. The molecule has 0 aromatic rings. The zero-order valence-electron chi connectivity index (χ0n) is 26.2. The van der Waals surface area contributed by atoms with Crippen molar-refractivity contribution in [3.63, 3.8) is 0 Å². The number of hydrogen-bond donors (Lipinski definition) is 1. The lowest BCUT2D eigenvalue weighted by atomic mass is 9.82. The maximum absolute atomic E-state index is 6.08. The Labute approximate surface area is 229 Å². The topological polar surface area (TPSA) is 26.0 Å². The molecule has 0 spiro atoms. The van der Waals surface area contributed by atoms with Crippen LogP contribution >= 0.6 is 0 Å². The molecule has 0 aromatic carbocycles. The van der Waals surface area contributed by atoms with Crippen LogP contribution in [0.15, 0.2) is 12.2 Å². The first-order valence-electron chi connectivity index (χ1n) is 16.6. The predicted octanol–water partition coefficient (Wildman–Crippen LogP) is 11.1. The predicted molar refractivity (Wildman–Crippen MR) is 164 cm³/mol. The highest BCUT2D eigenvalue weighted by Gasteiger charge is 2.43. The van der Waals surface area contributed by atoms with E-state index in [-0.39, 0.29) is 0 Å². The van der Waals surface area contributed by atoms with Gasteiger partial charge in [-0.05, 0) is 91.9 Å². The summed E-state index contributed by atoms with van der Waals surface area (Å²) in [5.74, 6) is 7.91. The van der Waals surface area contributed by atoms with Gasteiger partial charge in [0.2, 0.25) is 0 Å². The van der Waals surface area contributed by atoms with Gasteiger partial charge in [-0.3, -0.25) is 0 Å². The summed E-state index contributed by atoms with van der Waals surface area (Å²) in [6, 6.07) is 0. The van der Waals surface area contributed by atoms with Gasteiger partial charge in [0, 0.05) is 0 Å². The van der Waals surface area contributed by atoms with Crippen LogP contribution in [0.3, 0.4) is 0 Å². The lowest BCUT2D eigenvalue weighted by Crippen LogP contribution is -2.23. The summed E-state index contributed by atoms with van der Waals surface area (Å²) in [6.07, 6.45) is 25.8. The second kappa shape index (κ2) is 19.7. The van der Waals surface area contributed by atoms with Crippen LogP contribution in [0, 0.1) is 53.3 Å². The minimum Gasteiger partial charge on any atom is -0.330 e. The highest BCUT2D eigenvalue weighted by molar-refractivity contribution is 4.94. The molecule has 0 bridgehead atoms. The van der Waals surface area contributed by atoms with E-state index in [4.69, 9.17) is 5.73 Å². The Bertz CT molecular complexity index is 537. The Hall–Kier alpha value is -0.300. The van der Waals surface area contributed by atoms with Gasteiger partial charge in [-0.25, -0.2) is 0 Å². The van der Waals surface area contributed by atoms with E-state index < -0.39 is 0 Å². The van der Waals surface area contributed by atoms with Gasteiger partial charge in [0.25, 0.3) is 0 Å². The van der Waals surface area contributed by atoms with Crippen molar-refractivity contribution < 1.29 is 0 Å². The normalized spacial score (nSPS) is 23.1. The third-order valence-electron chi connectivity index (χ3n) is 10.2.